The van der Waals surface area contributed by atoms with Crippen molar-refractivity contribution in [1.82, 2.24) is 30.0 Å². The Morgan fingerprint density at radius 2 is 1.06 bits per heavy atom. The summed E-state index contributed by atoms with van der Waals surface area (Å²) in [4.78, 5) is 0. The van der Waals surface area contributed by atoms with Gasteiger partial charge in [0.2, 0.25) is 0 Å². The molecule has 0 radical (unpaired) electrons. The van der Waals surface area contributed by atoms with Crippen molar-refractivity contribution in [2.75, 3.05) is 0 Å². The van der Waals surface area contributed by atoms with Gasteiger partial charge in [0.05, 0.1) is 12.4 Å². The quantitative estimate of drug-likeness (QED) is 0.231. The Bertz CT molecular complexity index is 1230. The van der Waals surface area contributed by atoms with Crippen LogP contribution in [0.3, 0.4) is 0 Å². The smallest absolute Gasteiger partial charge is 0.114 e. The molecule has 190 valence electrons. The third-order valence-corrected chi connectivity index (χ3v) is 7.82. The van der Waals surface area contributed by atoms with Gasteiger partial charge in [-0.3, -0.25) is 0 Å². The first kappa shape index (κ1) is 25.4. The normalized spacial score (nSPS) is 32.8. The molecule has 0 saturated carbocycles. The predicted molar refractivity (Wildman–Crippen MR) is 133 cm³/mol. The summed E-state index contributed by atoms with van der Waals surface area (Å²) >= 11 is 6.41. The molecule has 14 heteroatoms. The number of hydrogen-bond donors (Lipinski definition) is 6. The summed E-state index contributed by atoms with van der Waals surface area (Å²) in [6, 6.07) is 5.82. The van der Waals surface area contributed by atoms with Crippen molar-refractivity contribution in [3.63, 3.8) is 0 Å². The highest BCUT2D eigenvalue weighted by molar-refractivity contribution is 9.12. The first-order valence-electron chi connectivity index (χ1n) is 10.9. The Morgan fingerprint density at radius 1 is 0.639 bits per heavy atom. The molecule has 0 saturated heterocycles. The van der Waals surface area contributed by atoms with Crippen LogP contribution in [0.2, 0.25) is 0 Å². The largest absolute Gasteiger partial charge is 0.388 e. The second-order valence-corrected chi connectivity index (χ2v) is 10.5. The minimum atomic E-state index is -1.38. The lowest BCUT2D eigenvalue weighted by Crippen LogP contribution is -2.45. The van der Waals surface area contributed by atoms with Crippen LogP contribution >= 0.6 is 31.9 Å². The molecule has 6 N–H and O–H groups in total. The number of nitrogens with zero attached hydrogens (tertiary/aromatic N) is 6. The number of benzene rings is 1. The molecule has 3 aromatic rings. The highest BCUT2D eigenvalue weighted by Crippen LogP contribution is 2.33. The van der Waals surface area contributed by atoms with Gasteiger partial charge in [0, 0.05) is 20.1 Å². The second-order valence-electron chi connectivity index (χ2n) is 8.68. The summed E-state index contributed by atoms with van der Waals surface area (Å²) < 4.78 is 3.51. The summed E-state index contributed by atoms with van der Waals surface area (Å²) in [7, 11) is 0. The molecule has 2 heterocycles. The highest BCUT2D eigenvalue weighted by Gasteiger charge is 2.39. The van der Waals surface area contributed by atoms with E-state index in [4.69, 9.17) is 0 Å². The number of aromatic nitrogens is 6. The van der Waals surface area contributed by atoms with E-state index in [9.17, 15) is 30.6 Å². The van der Waals surface area contributed by atoms with Gasteiger partial charge in [-0.2, -0.15) is 0 Å². The van der Waals surface area contributed by atoms with Gasteiger partial charge in [0.15, 0.2) is 0 Å². The number of halogens is 2. The van der Waals surface area contributed by atoms with Crippen LogP contribution in [0.4, 0.5) is 0 Å². The van der Waals surface area contributed by atoms with Crippen LogP contribution in [-0.4, -0.2) is 97.3 Å². The van der Waals surface area contributed by atoms with Gasteiger partial charge in [-0.05, 0) is 18.2 Å². The molecule has 36 heavy (non-hydrogen) atoms. The van der Waals surface area contributed by atoms with Gasteiger partial charge in [-0.15, -0.1) is 10.2 Å². The Balaban J connectivity index is 1.41. The maximum absolute atomic E-state index is 10.4. The Kier molecular flexibility index (Phi) is 6.95. The fourth-order valence-electron chi connectivity index (χ4n) is 4.24. The summed E-state index contributed by atoms with van der Waals surface area (Å²) in [6.45, 7) is 0. The molecule has 0 amide bonds. The number of aliphatic hydroxyl groups excluding tert-OH is 6. The van der Waals surface area contributed by atoms with Crippen LogP contribution in [-0.2, 0) is 0 Å². The van der Waals surface area contributed by atoms with Crippen LogP contribution in [0.5, 0.6) is 0 Å². The van der Waals surface area contributed by atoms with Crippen molar-refractivity contribution in [2.24, 2.45) is 0 Å². The van der Waals surface area contributed by atoms with Gasteiger partial charge >= 0.3 is 0 Å². The van der Waals surface area contributed by atoms with Crippen LogP contribution in [0.1, 0.15) is 12.1 Å². The SMILES string of the molecule is O[C@H]1[C@H](O)[C@H](n2cc(-c3cccc(-c4cn([C@H]5C=C(Br)[C@@H](O)[C@@H](O)[C@@H]5O)nn4)c3)nn2)C=C(Br)[C@H]1O. The standard InChI is InChI=1S/C22H22Br2N6O6/c23-11-5-15(19(33)21(35)17(11)31)29-7-13(25-27-29)9-2-1-3-10(4-9)14-8-30(28-26-14)16-6-12(24)18(32)22(36)20(16)34/h1-8,15-22,31-36H/t15-,16+,17-,18-,19-,20-,21-,22-/m1/s1. The first-order chi connectivity index (χ1) is 17.2. The van der Waals surface area contributed by atoms with E-state index < -0.39 is 48.7 Å². The minimum Gasteiger partial charge on any atom is -0.388 e. The molecular weight excluding hydrogens is 604 g/mol. The predicted octanol–water partition coefficient (Wildman–Crippen LogP) is 0.0360. The van der Waals surface area contributed by atoms with Crippen LogP contribution in [0.25, 0.3) is 22.5 Å². The Hall–Kier alpha value is -2.30. The van der Waals surface area contributed by atoms with Crippen LogP contribution < -0.4 is 0 Å². The molecule has 0 unspecified atom stereocenters. The number of rotatable bonds is 4. The third kappa shape index (κ3) is 4.48. The summed E-state index contributed by atoms with van der Waals surface area (Å²) in [5.41, 5.74) is 2.43. The Labute approximate surface area is 221 Å². The third-order valence-electron chi connectivity index (χ3n) is 6.36. The second kappa shape index (κ2) is 9.87. The lowest BCUT2D eigenvalue weighted by molar-refractivity contribution is -0.0654. The molecule has 0 spiro atoms. The van der Waals surface area contributed by atoms with E-state index in [0.29, 0.717) is 31.5 Å². The van der Waals surface area contributed by atoms with Gasteiger partial charge < -0.3 is 30.6 Å². The molecule has 1 aromatic carbocycles. The molecule has 2 aliphatic carbocycles. The lowest BCUT2D eigenvalue weighted by Gasteiger charge is -2.32. The van der Waals surface area contributed by atoms with Gasteiger partial charge in [-0.25, -0.2) is 9.36 Å². The molecular formula is C22H22Br2N6O6. The zero-order valence-corrected chi connectivity index (χ0v) is 21.5. The number of hydrogen-bond acceptors (Lipinski definition) is 10. The van der Waals surface area contributed by atoms with E-state index in [-0.39, 0.29) is 0 Å². The van der Waals surface area contributed by atoms with Gasteiger partial charge in [0.1, 0.15) is 60.1 Å². The first-order valence-corrected chi connectivity index (χ1v) is 12.5. The molecule has 0 bridgehead atoms. The zero-order chi connectivity index (χ0) is 25.7. The van der Waals surface area contributed by atoms with E-state index in [2.05, 4.69) is 52.5 Å². The summed E-state index contributed by atoms with van der Waals surface area (Å²) in [5.74, 6) is 0. The van der Waals surface area contributed by atoms with Crippen molar-refractivity contribution in [2.45, 2.75) is 48.7 Å². The molecule has 2 aliphatic rings. The van der Waals surface area contributed by atoms with Crippen LogP contribution in [0, 0.1) is 0 Å². The maximum atomic E-state index is 10.4. The topological polar surface area (TPSA) is 183 Å². The van der Waals surface area contributed by atoms with Crippen molar-refractivity contribution in [1.29, 1.82) is 0 Å². The van der Waals surface area contributed by atoms with E-state index in [1.54, 1.807) is 30.6 Å². The van der Waals surface area contributed by atoms with Crippen molar-refractivity contribution < 1.29 is 30.6 Å². The maximum Gasteiger partial charge on any atom is 0.114 e. The van der Waals surface area contributed by atoms with Crippen LogP contribution in [0.15, 0.2) is 57.8 Å². The fraction of sp³-hybridized carbons (Fsp3) is 0.364. The average Bonchev–Trinajstić information content (AvgIpc) is 3.56. The average molecular weight is 626 g/mol. The van der Waals surface area contributed by atoms with E-state index in [1.807, 2.05) is 18.2 Å². The summed E-state index contributed by atoms with van der Waals surface area (Å²) in [5, 5.41) is 77.4. The van der Waals surface area contributed by atoms with Gasteiger partial charge in [-0.1, -0.05) is 60.5 Å². The minimum absolute atomic E-state index is 0.347. The zero-order valence-electron chi connectivity index (χ0n) is 18.4. The molecule has 8 atom stereocenters. The van der Waals surface area contributed by atoms with Crippen molar-refractivity contribution >= 4 is 31.9 Å². The van der Waals surface area contributed by atoms with E-state index in [0.717, 1.165) is 0 Å². The molecule has 0 fully saturated rings. The fourth-order valence-corrected chi connectivity index (χ4v) is 5.32. The summed E-state index contributed by atoms with van der Waals surface area (Å²) in [6.07, 6.45) is -1.37. The van der Waals surface area contributed by atoms with E-state index >= 15 is 0 Å². The lowest BCUT2D eigenvalue weighted by atomic mass is 9.94. The van der Waals surface area contributed by atoms with Gasteiger partial charge in [0.25, 0.3) is 0 Å². The monoisotopic (exact) mass is 624 g/mol. The molecule has 5 rings (SSSR count). The number of aliphatic hydroxyl groups is 6. The van der Waals surface area contributed by atoms with E-state index in [1.165, 1.54) is 9.36 Å². The van der Waals surface area contributed by atoms with Crippen molar-refractivity contribution in [3.8, 4) is 22.5 Å². The molecule has 12 nitrogen and oxygen atoms in total. The van der Waals surface area contributed by atoms with Crippen molar-refractivity contribution in [3.05, 3.63) is 57.8 Å². The molecule has 0 aliphatic heterocycles. The highest BCUT2D eigenvalue weighted by atomic mass is 79.9. The molecule has 2 aromatic heterocycles. The Morgan fingerprint density at radius 3 is 1.47 bits per heavy atom.